The maximum Gasteiger partial charge on any atom is 0.309 e. The number of aliphatic hydroxyl groups is 1. The maximum atomic E-state index is 11.5. The van der Waals surface area contributed by atoms with Gasteiger partial charge in [0.1, 0.15) is 0 Å². The topological polar surface area (TPSA) is 86.6 Å². The van der Waals surface area contributed by atoms with Gasteiger partial charge in [-0.1, -0.05) is 0 Å². The van der Waals surface area contributed by atoms with Crippen molar-refractivity contribution >= 4 is 11.9 Å². The van der Waals surface area contributed by atoms with Crippen LogP contribution in [0.15, 0.2) is 0 Å². The second-order valence-corrected chi connectivity index (χ2v) is 4.70. The van der Waals surface area contributed by atoms with Crippen LogP contribution in [0.25, 0.3) is 0 Å². The first-order valence-corrected chi connectivity index (χ1v) is 5.43. The minimum Gasteiger partial charge on any atom is -0.481 e. The van der Waals surface area contributed by atoms with Gasteiger partial charge in [0.25, 0.3) is 0 Å². The van der Waals surface area contributed by atoms with E-state index in [2.05, 4.69) is 5.32 Å². The Morgan fingerprint density at radius 2 is 1.94 bits per heavy atom. The van der Waals surface area contributed by atoms with E-state index in [1.54, 1.807) is 0 Å². The molecular formula is C11H21NO4. The van der Waals surface area contributed by atoms with E-state index in [4.69, 9.17) is 10.2 Å². The number of aliphatic carboxylic acids is 1. The summed E-state index contributed by atoms with van der Waals surface area (Å²) in [5.74, 6) is -1.25. The molecule has 0 aliphatic heterocycles. The summed E-state index contributed by atoms with van der Waals surface area (Å²) in [5.41, 5.74) is -1.04. The second kappa shape index (κ2) is 6.48. The third-order valence-corrected chi connectivity index (χ3v) is 2.38. The molecule has 5 nitrogen and oxygen atoms in total. The average molecular weight is 231 g/mol. The highest BCUT2D eigenvalue weighted by Crippen LogP contribution is 2.20. The molecule has 0 saturated carbocycles. The van der Waals surface area contributed by atoms with Gasteiger partial charge in [0.15, 0.2) is 0 Å². The molecule has 1 amide bonds. The molecule has 16 heavy (non-hydrogen) atoms. The summed E-state index contributed by atoms with van der Waals surface area (Å²) in [7, 11) is 0. The number of carboxylic acid groups (broad SMARTS) is 1. The highest BCUT2D eigenvalue weighted by atomic mass is 16.4. The molecule has 1 unspecified atom stereocenters. The first kappa shape index (κ1) is 14.9. The van der Waals surface area contributed by atoms with E-state index >= 15 is 0 Å². The van der Waals surface area contributed by atoms with Crippen molar-refractivity contribution in [3.05, 3.63) is 0 Å². The van der Waals surface area contributed by atoms with Crippen LogP contribution in [-0.4, -0.2) is 34.7 Å². The lowest BCUT2D eigenvalue weighted by Crippen LogP contribution is -2.37. The number of carbonyl (C=O) groups excluding carboxylic acids is 1. The standard InChI is InChI=1S/C11H21NO4/c1-8(5-4-6-13)12-9(14)7-11(2,3)10(15)16/h8,13H,4-7H2,1-3H3,(H,12,14)(H,15,16). The molecule has 0 aromatic heterocycles. The summed E-state index contributed by atoms with van der Waals surface area (Å²) in [4.78, 5) is 22.3. The highest BCUT2D eigenvalue weighted by Gasteiger charge is 2.30. The third kappa shape index (κ3) is 5.70. The molecule has 0 aliphatic carbocycles. The Kier molecular flexibility index (Phi) is 6.03. The van der Waals surface area contributed by atoms with E-state index in [0.717, 1.165) is 0 Å². The molecule has 0 aromatic carbocycles. The van der Waals surface area contributed by atoms with Crippen LogP contribution < -0.4 is 5.32 Å². The molecule has 1 atom stereocenters. The molecule has 94 valence electrons. The molecule has 5 heteroatoms. The largest absolute Gasteiger partial charge is 0.481 e. The van der Waals surface area contributed by atoms with Gasteiger partial charge in [0.05, 0.1) is 5.41 Å². The summed E-state index contributed by atoms with van der Waals surface area (Å²) in [5, 5.41) is 20.2. The predicted octanol–water partition coefficient (Wildman–Crippen LogP) is 0.764. The molecule has 0 fully saturated rings. The molecule has 0 spiro atoms. The van der Waals surface area contributed by atoms with Crippen molar-refractivity contribution in [2.45, 2.75) is 46.1 Å². The van der Waals surface area contributed by atoms with Gasteiger partial charge in [-0.3, -0.25) is 9.59 Å². The van der Waals surface area contributed by atoms with Crippen LogP contribution in [0, 0.1) is 5.41 Å². The summed E-state index contributed by atoms with van der Waals surface area (Å²) in [6, 6.07) is -0.0377. The van der Waals surface area contributed by atoms with Gasteiger partial charge in [-0.2, -0.15) is 0 Å². The van der Waals surface area contributed by atoms with Gasteiger partial charge >= 0.3 is 5.97 Å². The van der Waals surface area contributed by atoms with Crippen LogP contribution in [0.4, 0.5) is 0 Å². The zero-order valence-corrected chi connectivity index (χ0v) is 10.1. The predicted molar refractivity (Wildman–Crippen MR) is 60.0 cm³/mol. The Hall–Kier alpha value is -1.10. The van der Waals surface area contributed by atoms with Crippen LogP contribution in [-0.2, 0) is 9.59 Å². The first-order chi connectivity index (χ1) is 7.29. The number of amides is 1. The lowest BCUT2D eigenvalue weighted by Gasteiger charge is -2.20. The van der Waals surface area contributed by atoms with Crippen molar-refractivity contribution < 1.29 is 19.8 Å². The number of nitrogens with one attached hydrogen (secondary N) is 1. The molecule has 3 N–H and O–H groups in total. The van der Waals surface area contributed by atoms with Gasteiger partial charge < -0.3 is 15.5 Å². The fourth-order valence-corrected chi connectivity index (χ4v) is 1.27. The molecule has 0 aromatic rings. The number of hydrogen-bond acceptors (Lipinski definition) is 3. The molecule has 0 radical (unpaired) electrons. The Bertz CT molecular complexity index is 250. The zero-order chi connectivity index (χ0) is 12.8. The smallest absolute Gasteiger partial charge is 0.309 e. The summed E-state index contributed by atoms with van der Waals surface area (Å²) in [6.07, 6.45) is 1.28. The number of aliphatic hydroxyl groups excluding tert-OH is 1. The van der Waals surface area contributed by atoms with Crippen LogP contribution in [0.5, 0.6) is 0 Å². The van der Waals surface area contributed by atoms with E-state index < -0.39 is 11.4 Å². The van der Waals surface area contributed by atoms with Gasteiger partial charge in [0.2, 0.25) is 5.91 Å². The number of carboxylic acids is 1. The molecule has 0 saturated heterocycles. The molecular weight excluding hydrogens is 210 g/mol. The van der Waals surface area contributed by atoms with E-state index in [1.165, 1.54) is 13.8 Å². The minimum absolute atomic E-state index is 0.0359. The Morgan fingerprint density at radius 3 is 2.38 bits per heavy atom. The lowest BCUT2D eigenvalue weighted by atomic mass is 9.89. The van der Waals surface area contributed by atoms with Crippen molar-refractivity contribution in [1.82, 2.24) is 5.32 Å². The van der Waals surface area contributed by atoms with E-state index in [9.17, 15) is 9.59 Å². The SMILES string of the molecule is CC(CCCO)NC(=O)CC(C)(C)C(=O)O. The molecule has 0 aliphatic rings. The Morgan fingerprint density at radius 1 is 1.38 bits per heavy atom. The van der Waals surface area contributed by atoms with Gasteiger partial charge in [0, 0.05) is 19.1 Å². The zero-order valence-electron chi connectivity index (χ0n) is 10.1. The Labute approximate surface area is 95.9 Å². The Balaban J connectivity index is 4.03. The third-order valence-electron chi connectivity index (χ3n) is 2.38. The average Bonchev–Trinajstić information content (AvgIpc) is 2.13. The lowest BCUT2D eigenvalue weighted by molar-refractivity contribution is -0.149. The summed E-state index contributed by atoms with van der Waals surface area (Å²) >= 11 is 0. The number of carbonyl (C=O) groups is 2. The monoisotopic (exact) mass is 231 g/mol. The van der Waals surface area contributed by atoms with Crippen molar-refractivity contribution in [1.29, 1.82) is 0 Å². The molecule has 0 rings (SSSR count). The van der Waals surface area contributed by atoms with Gasteiger partial charge in [-0.25, -0.2) is 0 Å². The van der Waals surface area contributed by atoms with E-state index in [1.807, 2.05) is 6.92 Å². The first-order valence-electron chi connectivity index (χ1n) is 5.43. The van der Waals surface area contributed by atoms with Crippen molar-refractivity contribution in [3.8, 4) is 0 Å². The van der Waals surface area contributed by atoms with Crippen LogP contribution >= 0.6 is 0 Å². The van der Waals surface area contributed by atoms with Gasteiger partial charge in [-0.05, 0) is 33.6 Å². The fourth-order valence-electron chi connectivity index (χ4n) is 1.27. The van der Waals surface area contributed by atoms with Crippen LogP contribution in [0.2, 0.25) is 0 Å². The van der Waals surface area contributed by atoms with E-state index in [0.29, 0.717) is 12.8 Å². The van der Waals surface area contributed by atoms with Crippen molar-refractivity contribution in [3.63, 3.8) is 0 Å². The van der Waals surface area contributed by atoms with Crippen LogP contribution in [0.1, 0.15) is 40.0 Å². The van der Waals surface area contributed by atoms with Crippen molar-refractivity contribution in [2.24, 2.45) is 5.41 Å². The summed E-state index contributed by atoms with van der Waals surface area (Å²) < 4.78 is 0. The minimum atomic E-state index is -1.04. The van der Waals surface area contributed by atoms with Gasteiger partial charge in [-0.15, -0.1) is 0 Å². The highest BCUT2D eigenvalue weighted by molar-refractivity contribution is 5.84. The second-order valence-electron chi connectivity index (χ2n) is 4.70. The normalized spacial score (nSPS) is 13.2. The quantitative estimate of drug-likeness (QED) is 0.604. The summed E-state index contributed by atoms with van der Waals surface area (Å²) in [6.45, 7) is 4.97. The van der Waals surface area contributed by atoms with Crippen LogP contribution in [0.3, 0.4) is 0 Å². The molecule has 0 bridgehead atoms. The van der Waals surface area contributed by atoms with Crippen molar-refractivity contribution in [2.75, 3.05) is 6.61 Å². The van der Waals surface area contributed by atoms with E-state index in [-0.39, 0.29) is 25.0 Å². The maximum absolute atomic E-state index is 11.5. The molecule has 0 heterocycles. The fraction of sp³-hybridized carbons (Fsp3) is 0.818. The number of rotatable bonds is 7. The number of hydrogen-bond donors (Lipinski definition) is 3.